The van der Waals surface area contributed by atoms with Crippen molar-refractivity contribution in [3.05, 3.63) is 54.2 Å². The summed E-state index contributed by atoms with van der Waals surface area (Å²) in [5.74, 6) is -0.257. The number of carboxylic acid groups (broad SMARTS) is 1. The van der Waals surface area contributed by atoms with Crippen LogP contribution in [0.2, 0.25) is 0 Å². The fraction of sp³-hybridized carbons (Fsp3) is 0.118. The molecule has 5 nitrogen and oxygen atoms in total. The number of aromatic nitrogens is 2. The topological polar surface area (TPSA) is 72.3 Å². The van der Waals surface area contributed by atoms with Crippen LogP contribution in [0.5, 0.6) is 5.88 Å². The molecule has 110 valence electrons. The lowest BCUT2D eigenvalue weighted by Gasteiger charge is -2.07. The molecule has 1 aromatic heterocycles. The summed E-state index contributed by atoms with van der Waals surface area (Å²) in [7, 11) is 0. The first-order valence-corrected chi connectivity index (χ1v) is 6.81. The van der Waals surface area contributed by atoms with Gasteiger partial charge in [-0.1, -0.05) is 36.4 Å². The second-order valence-electron chi connectivity index (χ2n) is 4.92. The first kappa shape index (κ1) is 14.0. The van der Waals surface area contributed by atoms with E-state index in [0.717, 1.165) is 22.0 Å². The third-order valence-corrected chi connectivity index (χ3v) is 3.18. The van der Waals surface area contributed by atoms with E-state index < -0.39 is 12.6 Å². The van der Waals surface area contributed by atoms with Gasteiger partial charge < -0.3 is 9.84 Å². The number of carbonyl (C=O) groups is 1. The molecule has 0 saturated carbocycles. The highest BCUT2D eigenvalue weighted by atomic mass is 16.5. The zero-order chi connectivity index (χ0) is 15.5. The highest BCUT2D eigenvalue weighted by Crippen LogP contribution is 2.23. The largest absolute Gasteiger partial charge is 0.479 e. The third kappa shape index (κ3) is 3.03. The normalized spacial score (nSPS) is 10.6. The number of nitrogens with zero attached hydrogens (tertiary/aromatic N) is 2. The van der Waals surface area contributed by atoms with Crippen LogP contribution < -0.4 is 4.74 Å². The number of hydrogen-bond acceptors (Lipinski definition) is 4. The molecule has 5 heteroatoms. The van der Waals surface area contributed by atoms with Crippen molar-refractivity contribution >= 4 is 16.7 Å². The number of fused-ring (bicyclic) bond motifs is 1. The van der Waals surface area contributed by atoms with Crippen LogP contribution in [0.3, 0.4) is 0 Å². The fourth-order valence-electron chi connectivity index (χ4n) is 2.21. The Bertz CT molecular complexity index is 846. The summed E-state index contributed by atoms with van der Waals surface area (Å²) in [6, 6.07) is 15.6. The molecule has 0 aliphatic carbocycles. The second-order valence-corrected chi connectivity index (χ2v) is 4.92. The molecule has 0 saturated heterocycles. The number of aryl methyl sites for hydroxylation is 1. The summed E-state index contributed by atoms with van der Waals surface area (Å²) in [5, 5.41) is 10.9. The molecule has 0 aliphatic heterocycles. The first-order chi connectivity index (χ1) is 10.6. The number of ether oxygens (including phenoxy) is 1. The van der Waals surface area contributed by atoms with E-state index in [2.05, 4.69) is 9.97 Å². The molecule has 0 unspecified atom stereocenters. The van der Waals surface area contributed by atoms with Crippen LogP contribution in [0.15, 0.2) is 48.5 Å². The Hall–Kier alpha value is -2.95. The average molecular weight is 294 g/mol. The van der Waals surface area contributed by atoms with Crippen LogP contribution >= 0.6 is 0 Å². The van der Waals surface area contributed by atoms with E-state index in [1.54, 1.807) is 6.07 Å². The van der Waals surface area contributed by atoms with Crippen LogP contribution in [0.4, 0.5) is 0 Å². The smallest absolute Gasteiger partial charge is 0.341 e. The van der Waals surface area contributed by atoms with Gasteiger partial charge in [0, 0.05) is 17.3 Å². The number of aliphatic carboxylic acids is 1. The van der Waals surface area contributed by atoms with Crippen molar-refractivity contribution in [3.8, 4) is 17.3 Å². The number of carboxylic acids is 1. The Morgan fingerprint density at radius 3 is 2.64 bits per heavy atom. The minimum Gasteiger partial charge on any atom is -0.479 e. The molecule has 2 aromatic carbocycles. The number of hydrogen-bond donors (Lipinski definition) is 1. The van der Waals surface area contributed by atoms with Gasteiger partial charge in [-0.3, -0.25) is 0 Å². The molecule has 0 atom stereocenters. The van der Waals surface area contributed by atoms with E-state index >= 15 is 0 Å². The number of rotatable bonds is 4. The van der Waals surface area contributed by atoms with Crippen LogP contribution in [-0.2, 0) is 4.79 Å². The Balaban J connectivity index is 2.00. The molecule has 0 fully saturated rings. The van der Waals surface area contributed by atoms with Crippen molar-refractivity contribution in [3.63, 3.8) is 0 Å². The van der Waals surface area contributed by atoms with Crippen molar-refractivity contribution in [2.24, 2.45) is 0 Å². The average Bonchev–Trinajstić information content (AvgIpc) is 2.52. The van der Waals surface area contributed by atoms with E-state index in [9.17, 15) is 4.79 Å². The minimum absolute atomic E-state index is 0.262. The Morgan fingerprint density at radius 1 is 1.09 bits per heavy atom. The molecule has 0 bridgehead atoms. The maximum Gasteiger partial charge on any atom is 0.341 e. The van der Waals surface area contributed by atoms with Crippen molar-refractivity contribution in [1.82, 2.24) is 9.97 Å². The Labute approximate surface area is 127 Å². The molecule has 0 radical (unpaired) electrons. The van der Waals surface area contributed by atoms with Gasteiger partial charge in [0.25, 0.3) is 0 Å². The van der Waals surface area contributed by atoms with Gasteiger partial charge in [0.15, 0.2) is 12.4 Å². The van der Waals surface area contributed by atoms with Gasteiger partial charge >= 0.3 is 5.97 Å². The molecular weight excluding hydrogens is 280 g/mol. The lowest BCUT2D eigenvalue weighted by molar-refractivity contribution is -0.139. The molecule has 0 amide bonds. The van der Waals surface area contributed by atoms with Gasteiger partial charge in [0.1, 0.15) is 0 Å². The van der Waals surface area contributed by atoms with Crippen LogP contribution in [-0.4, -0.2) is 27.7 Å². The maximum atomic E-state index is 10.6. The summed E-state index contributed by atoms with van der Waals surface area (Å²) in [6.07, 6.45) is 0. The van der Waals surface area contributed by atoms with Gasteiger partial charge in [0.2, 0.25) is 5.88 Å². The molecular formula is C17H14N2O3. The second kappa shape index (κ2) is 5.81. The SMILES string of the molecule is Cc1cc(OCC(=O)O)nc(-c2ccc3ccccc3c2)n1. The van der Waals surface area contributed by atoms with E-state index in [4.69, 9.17) is 9.84 Å². The maximum absolute atomic E-state index is 10.6. The summed E-state index contributed by atoms with van der Waals surface area (Å²) in [4.78, 5) is 19.3. The molecule has 0 spiro atoms. The lowest BCUT2D eigenvalue weighted by atomic mass is 10.1. The van der Waals surface area contributed by atoms with E-state index in [-0.39, 0.29) is 5.88 Å². The minimum atomic E-state index is -1.04. The Morgan fingerprint density at radius 2 is 1.86 bits per heavy atom. The summed E-state index contributed by atoms with van der Waals surface area (Å²) < 4.78 is 5.15. The highest BCUT2D eigenvalue weighted by Gasteiger charge is 2.08. The molecule has 1 N–H and O–H groups in total. The van der Waals surface area contributed by atoms with Gasteiger partial charge in [-0.25, -0.2) is 9.78 Å². The Kier molecular flexibility index (Phi) is 3.70. The first-order valence-electron chi connectivity index (χ1n) is 6.81. The zero-order valence-electron chi connectivity index (χ0n) is 12.0. The quantitative estimate of drug-likeness (QED) is 0.800. The molecule has 0 aliphatic rings. The van der Waals surface area contributed by atoms with Crippen molar-refractivity contribution in [2.45, 2.75) is 6.92 Å². The van der Waals surface area contributed by atoms with Crippen LogP contribution in [0.25, 0.3) is 22.2 Å². The monoisotopic (exact) mass is 294 g/mol. The lowest BCUT2D eigenvalue weighted by Crippen LogP contribution is -2.11. The highest BCUT2D eigenvalue weighted by molar-refractivity contribution is 5.86. The van der Waals surface area contributed by atoms with E-state index in [1.807, 2.05) is 49.4 Å². The van der Waals surface area contributed by atoms with Crippen molar-refractivity contribution in [2.75, 3.05) is 6.61 Å². The van der Waals surface area contributed by atoms with Gasteiger partial charge in [-0.2, -0.15) is 4.98 Å². The molecule has 3 rings (SSSR count). The zero-order valence-corrected chi connectivity index (χ0v) is 12.0. The van der Waals surface area contributed by atoms with Crippen molar-refractivity contribution < 1.29 is 14.6 Å². The van der Waals surface area contributed by atoms with Crippen molar-refractivity contribution in [1.29, 1.82) is 0 Å². The van der Waals surface area contributed by atoms with E-state index in [0.29, 0.717) is 5.82 Å². The molecule has 22 heavy (non-hydrogen) atoms. The van der Waals surface area contributed by atoms with Gasteiger partial charge in [-0.05, 0) is 23.8 Å². The predicted octanol–water partition coefficient (Wildman–Crippen LogP) is 3.07. The standard InChI is InChI=1S/C17H14N2O3/c1-11-8-15(22-10-16(20)21)19-17(18-11)14-7-6-12-4-2-3-5-13(12)9-14/h2-9H,10H2,1H3,(H,20,21). The number of benzene rings is 2. The predicted molar refractivity (Wildman–Crippen MR) is 82.8 cm³/mol. The molecule has 1 heterocycles. The van der Waals surface area contributed by atoms with Gasteiger partial charge in [0.05, 0.1) is 0 Å². The van der Waals surface area contributed by atoms with E-state index in [1.165, 1.54) is 0 Å². The summed E-state index contributed by atoms with van der Waals surface area (Å²) in [6.45, 7) is 1.40. The van der Waals surface area contributed by atoms with Crippen LogP contribution in [0.1, 0.15) is 5.69 Å². The molecule has 3 aromatic rings. The third-order valence-electron chi connectivity index (χ3n) is 3.18. The summed E-state index contributed by atoms with van der Waals surface area (Å²) >= 11 is 0. The fourth-order valence-corrected chi connectivity index (χ4v) is 2.21. The van der Waals surface area contributed by atoms with Gasteiger partial charge in [-0.15, -0.1) is 0 Å². The van der Waals surface area contributed by atoms with Crippen LogP contribution in [0, 0.1) is 6.92 Å². The summed E-state index contributed by atoms with van der Waals surface area (Å²) in [5.41, 5.74) is 1.58.